The van der Waals surface area contributed by atoms with Gasteiger partial charge in [0.2, 0.25) is 0 Å². The molecule has 3 rings (SSSR count). The number of thioether (sulfide) groups is 1. The molecule has 0 radical (unpaired) electrons. The molecule has 3 aromatic rings. The number of hydrogen-bond donors (Lipinski definition) is 0. The Morgan fingerprint density at radius 2 is 1.82 bits per heavy atom. The summed E-state index contributed by atoms with van der Waals surface area (Å²) in [5.41, 5.74) is 3.83. The fourth-order valence-electron chi connectivity index (χ4n) is 3.45. The van der Waals surface area contributed by atoms with Crippen molar-refractivity contribution in [2.75, 3.05) is 14.2 Å². The van der Waals surface area contributed by atoms with Crippen molar-refractivity contribution < 1.29 is 9.53 Å². The van der Waals surface area contributed by atoms with Crippen LogP contribution in [0, 0.1) is 0 Å². The highest BCUT2D eigenvalue weighted by atomic mass is 35.5. The zero-order chi connectivity index (χ0) is 28.0. The summed E-state index contributed by atoms with van der Waals surface area (Å²) in [4.78, 5) is 22.2. The summed E-state index contributed by atoms with van der Waals surface area (Å²) in [7, 11) is 2.99. The number of aliphatic imine (C=N–C) groups is 1. The van der Waals surface area contributed by atoms with E-state index < -0.39 is 5.97 Å². The van der Waals surface area contributed by atoms with Gasteiger partial charge in [0.05, 0.1) is 32.6 Å². The maximum atomic E-state index is 13.0. The normalized spacial score (nSPS) is 13.6. The minimum absolute atomic E-state index is 0.302. The number of carbonyl (C=O) groups excluding carboxylic acids is 1. The Morgan fingerprint density at radius 1 is 1.13 bits per heavy atom. The van der Waals surface area contributed by atoms with E-state index in [0.29, 0.717) is 52.8 Å². The third-order valence-corrected chi connectivity index (χ3v) is 9.28. The topological polar surface area (TPSA) is 51.5 Å². The van der Waals surface area contributed by atoms with Gasteiger partial charge in [-0.2, -0.15) is 0 Å². The van der Waals surface area contributed by atoms with Crippen molar-refractivity contribution in [2.24, 2.45) is 4.99 Å². The number of benzene rings is 2. The SMILES string of the molecule is CCC(C)Sc1sc(/C=C/C(C(=O)OC)=C(\C(C)=N/C)c2cc(Cl)cc(Cl)c2)nc1-c1ccc(Cl)c(Cl)c1. The van der Waals surface area contributed by atoms with E-state index >= 15 is 0 Å². The van der Waals surface area contributed by atoms with E-state index in [2.05, 4.69) is 18.8 Å². The van der Waals surface area contributed by atoms with Crippen molar-refractivity contribution >= 4 is 92.8 Å². The van der Waals surface area contributed by atoms with Crippen LogP contribution < -0.4 is 0 Å². The number of halogens is 4. The molecule has 0 amide bonds. The maximum absolute atomic E-state index is 13.0. The average molecular weight is 628 g/mol. The predicted octanol–water partition coefficient (Wildman–Crippen LogP) is 10.0. The number of allylic oxidation sites excluding steroid dienone is 1. The van der Waals surface area contributed by atoms with Crippen LogP contribution in [0.3, 0.4) is 0 Å². The van der Waals surface area contributed by atoms with Crippen molar-refractivity contribution in [3.8, 4) is 11.3 Å². The quantitative estimate of drug-likeness (QED) is 0.0778. The molecule has 1 unspecified atom stereocenters. The highest BCUT2D eigenvalue weighted by Crippen LogP contribution is 2.41. The molecule has 0 saturated heterocycles. The van der Waals surface area contributed by atoms with Crippen LogP contribution in [0.5, 0.6) is 0 Å². The molecule has 0 aliphatic carbocycles. The van der Waals surface area contributed by atoms with Crippen LogP contribution >= 0.6 is 69.5 Å². The summed E-state index contributed by atoms with van der Waals surface area (Å²) in [6, 6.07) is 10.6. The number of ether oxygens (including phenoxy) is 1. The average Bonchev–Trinajstić information content (AvgIpc) is 3.28. The highest BCUT2D eigenvalue weighted by molar-refractivity contribution is 8.01. The summed E-state index contributed by atoms with van der Waals surface area (Å²) >= 11 is 28.3. The Hall–Kier alpha value is -1.80. The van der Waals surface area contributed by atoms with Crippen LogP contribution in [0.1, 0.15) is 37.8 Å². The summed E-state index contributed by atoms with van der Waals surface area (Å²) in [5, 5.41) is 2.94. The van der Waals surface area contributed by atoms with E-state index in [1.807, 2.05) is 19.1 Å². The first-order chi connectivity index (χ1) is 18.1. The Balaban J connectivity index is 2.18. The number of rotatable bonds is 9. The van der Waals surface area contributed by atoms with Gasteiger partial charge in [-0.05, 0) is 61.4 Å². The maximum Gasteiger partial charge on any atom is 0.338 e. The van der Waals surface area contributed by atoms with Gasteiger partial charge in [-0.25, -0.2) is 9.78 Å². The van der Waals surface area contributed by atoms with E-state index in [-0.39, 0.29) is 0 Å². The van der Waals surface area contributed by atoms with Crippen molar-refractivity contribution in [3.05, 3.63) is 78.7 Å². The molecular weight excluding hydrogens is 602 g/mol. The molecule has 1 heterocycles. The van der Waals surface area contributed by atoms with Crippen molar-refractivity contribution in [2.45, 2.75) is 36.7 Å². The second-order valence-electron chi connectivity index (χ2n) is 8.23. The van der Waals surface area contributed by atoms with E-state index in [9.17, 15) is 4.79 Å². The Morgan fingerprint density at radius 3 is 2.39 bits per heavy atom. The van der Waals surface area contributed by atoms with E-state index in [1.165, 1.54) is 18.4 Å². The molecule has 200 valence electrons. The first-order valence-corrected chi connectivity index (χ1v) is 14.8. The molecule has 4 nitrogen and oxygen atoms in total. The molecule has 0 bridgehead atoms. The van der Waals surface area contributed by atoms with Gasteiger partial charge in [-0.3, -0.25) is 4.99 Å². The number of hydrogen-bond acceptors (Lipinski definition) is 6. The number of nitrogens with zero attached hydrogens (tertiary/aromatic N) is 2. The van der Waals surface area contributed by atoms with Crippen molar-refractivity contribution in [1.82, 2.24) is 4.98 Å². The lowest BCUT2D eigenvalue weighted by atomic mass is 9.95. The second-order valence-corrected chi connectivity index (χ2v) is 12.7. The molecule has 0 fully saturated rings. The van der Waals surface area contributed by atoms with Gasteiger partial charge < -0.3 is 4.74 Å². The lowest BCUT2D eigenvalue weighted by molar-refractivity contribution is -0.135. The minimum Gasteiger partial charge on any atom is -0.465 e. The molecule has 0 N–H and O–H groups in total. The first kappa shape index (κ1) is 30.7. The zero-order valence-electron chi connectivity index (χ0n) is 21.4. The molecule has 0 aliphatic rings. The molecule has 1 aromatic heterocycles. The van der Waals surface area contributed by atoms with Crippen LogP contribution in [0.15, 0.2) is 57.2 Å². The first-order valence-electron chi connectivity index (χ1n) is 11.6. The minimum atomic E-state index is -0.522. The standard InChI is InChI=1S/C28H26Cl4N2O2S2/c1-6-15(2)37-28-26(17-7-9-22(31)23(32)13-17)34-24(38-28)10-8-21(27(35)36-5)25(16(3)33-4)18-11-19(29)14-20(30)12-18/h7-15H,6H2,1-5H3/b10-8+,25-21-,33-16-. The van der Waals surface area contributed by atoms with Gasteiger partial charge in [0.1, 0.15) is 5.01 Å². The van der Waals surface area contributed by atoms with Gasteiger partial charge in [0, 0.05) is 39.2 Å². The van der Waals surface area contributed by atoms with E-state index in [0.717, 1.165) is 21.9 Å². The molecule has 0 aliphatic heterocycles. The number of esters is 1. The Bertz CT molecular complexity index is 1410. The van der Waals surface area contributed by atoms with E-state index in [1.54, 1.807) is 55.2 Å². The van der Waals surface area contributed by atoms with Gasteiger partial charge in [-0.15, -0.1) is 23.1 Å². The van der Waals surface area contributed by atoms with Gasteiger partial charge >= 0.3 is 5.97 Å². The van der Waals surface area contributed by atoms with Crippen LogP contribution in [-0.4, -0.2) is 36.1 Å². The summed E-state index contributed by atoms with van der Waals surface area (Å²) in [6.45, 7) is 6.13. The molecule has 2 aromatic carbocycles. The Kier molecular flexibility index (Phi) is 11.3. The molecule has 10 heteroatoms. The fourth-order valence-corrected chi connectivity index (χ4v) is 6.75. The lowest BCUT2D eigenvalue weighted by Gasteiger charge is -2.13. The number of methoxy groups -OCH3 is 1. The van der Waals surface area contributed by atoms with E-state index in [4.69, 9.17) is 56.1 Å². The monoisotopic (exact) mass is 626 g/mol. The smallest absolute Gasteiger partial charge is 0.338 e. The summed E-state index contributed by atoms with van der Waals surface area (Å²) in [5.74, 6) is -0.522. The molecular formula is C28H26Cl4N2O2S2. The van der Waals surface area contributed by atoms with Gasteiger partial charge in [0.25, 0.3) is 0 Å². The third-order valence-electron chi connectivity index (χ3n) is 5.60. The largest absolute Gasteiger partial charge is 0.465 e. The van der Waals surface area contributed by atoms with Crippen LogP contribution in [0.25, 0.3) is 22.9 Å². The zero-order valence-corrected chi connectivity index (χ0v) is 26.1. The van der Waals surface area contributed by atoms with Crippen LogP contribution in [-0.2, 0) is 9.53 Å². The molecule has 38 heavy (non-hydrogen) atoms. The van der Waals surface area contributed by atoms with Crippen LogP contribution in [0.2, 0.25) is 20.1 Å². The molecule has 0 saturated carbocycles. The third kappa shape index (κ3) is 7.65. The predicted molar refractivity (Wildman–Crippen MR) is 167 cm³/mol. The van der Waals surface area contributed by atoms with Gasteiger partial charge in [0.15, 0.2) is 0 Å². The number of thiazole rings is 1. The van der Waals surface area contributed by atoms with Crippen molar-refractivity contribution in [1.29, 1.82) is 0 Å². The van der Waals surface area contributed by atoms with Crippen LogP contribution in [0.4, 0.5) is 0 Å². The summed E-state index contributed by atoms with van der Waals surface area (Å²) < 4.78 is 6.18. The fraction of sp³-hybridized carbons (Fsp3) is 0.250. The highest BCUT2D eigenvalue weighted by Gasteiger charge is 2.20. The number of carbonyl (C=O) groups is 1. The van der Waals surface area contributed by atoms with Gasteiger partial charge in [-0.1, -0.05) is 66.3 Å². The Labute approximate surface area is 251 Å². The lowest BCUT2D eigenvalue weighted by Crippen LogP contribution is -2.10. The molecule has 1 atom stereocenters. The second kappa shape index (κ2) is 14.0. The summed E-state index contributed by atoms with van der Waals surface area (Å²) in [6.07, 6.45) is 4.50. The number of aromatic nitrogens is 1. The molecule has 0 spiro atoms. The van der Waals surface area contributed by atoms with Crippen molar-refractivity contribution in [3.63, 3.8) is 0 Å².